The highest BCUT2D eigenvalue weighted by molar-refractivity contribution is 7.91. The lowest BCUT2D eigenvalue weighted by molar-refractivity contribution is -0.136. The van der Waals surface area contributed by atoms with Gasteiger partial charge < -0.3 is 10.1 Å². The first-order valence-corrected chi connectivity index (χ1v) is 8.18. The summed E-state index contributed by atoms with van der Waals surface area (Å²) in [6.07, 6.45) is 2.34. The summed E-state index contributed by atoms with van der Waals surface area (Å²) in [6.45, 7) is 4.28. The maximum Gasteiger partial charge on any atom is 0.152 e. The summed E-state index contributed by atoms with van der Waals surface area (Å²) in [4.78, 5) is 2.21. The first kappa shape index (κ1) is 11.9. The van der Waals surface area contributed by atoms with Crippen LogP contribution in [0, 0.1) is 5.41 Å². The molecule has 0 aromatic heterocycles. The molecule has 0 amide bonds. The van der Waals surface area contributed by atoms with Gasteiger partial charge in [-0.2, -0.15) is 0 Å². The molecule has 3 rings (SSSR count). The van der Waals surface area contributed by atoms with Crippen molar-refractivity contribution in [1.29, 1.82) is 0 Å². The Hall–Kier alpha value is -0.170. The highest BCUT2D eigenvalue weighted by Gasteiger charge is 2.43. The maximum atomic E-state index is 11.4. The standard InChI is InChI=1S/C11H20N2O3S/c14-17(15)5-2-13(3-6-17)10-7-11(1-4-16-10)8-12-9-11/h10,12H,1-9H2. The monoisotopic (exact) mass is 260 g/mol. The molecule has 1 unspecified atom stereocenters. The van der Waals surface area contributed by atoms with Gasteiger partial charge in [-0.15, -0.1) is 0 Å². The largest absolute Gasteiger partial charge is 0.363 e. The van der Waals surface area contributed by atoms with Gasteiger partial charge in [-0.05, 0) is 12.8 Å². The molecule has 0 aromatic carbocycles. The number of hydrogen-bond donors (Lipinski definition) is 1. The van der Waals surface area contributed by atoms with Crippen LogP contribution in [0.25, 0.3) is 0 Å². The van der Waals surface area contributed by atoms with Crippen molar-refractivity contribution in [3.63, 3.8) is 0 Å². The molecule has 3 saturated heterocycles. The van der Waals surface area contributed by atoms with Crippen molar-refractivity contribution in [2.24, 2.45) is 5.41 Å². The number of ether oxygens (including phenoxy) is 1. The lowest BCUT2D eigenvalue weighted by Crippen LogP contribution is -2.60. The van der Waals surface area contributed by atoms with E-state index in [1.165, 1.54) is 0 Å². The van der Waals surface area contributed by atoms with Crippen LogP contribution in [-0.4, -0.2) is 63.8 Å². The van der Waals surface area contributed by atoms with Crippen molar-refractivity contribution >= 4 is 9.84 Å². The van der Waals surface area contributed by atoms with E-state index in [1.54, 1.807) is 0 Å². The van der Waals surface area contributed by atoms with Crippen molar-refractivity contribution in [1.82, 2.24) is 10.2 Å². The van der Waals surface area contributed by atoms with Crippen LogP contribution in [0.4, 0.5) is 0 Å². The van der Waals surface area contributed by atoms with E-state index in [9.17, 15) is 8.42 Å². The molecule has 0 aromatic rings. The van der Waals surface area contributed by atoms with Gasteiger partial charge in [0.1, 0.15) is 6.23 Å². The first-order chi connectivity index (χ1) is 8.09. The van der Waals surface area contributed by atoms with Gasteiger partial charge in [0.15, 0.2) is 9.84 Å². The zero-order valence-corrected chi connectivity index (χ0v) is 10.8. The Kier molecular flexibility index (Phi) is 2.93. The molecule has 0 aliphatic carbocycles. The van der Waals surface area contributed by atoms with E-state index in [1.807, 2.05) is 0 Å². The van der Waals surface area contributed by atoms with Gasteiger partial charge >= 0.3 is 0 Å². The molecule has 1 N–H and O–H groups in total. The second-order valence-electron chi connectivity index (χ2n) is 5.57. The van der Waals surface area contributed by atoms with Crippen molar-refractivity contribution in [3.8, 4) is 0 Å². The lowest BCUT2D eigenvalue weighted by atomic mass is 9.74. The molecule has 0 bridgehead atoms. The number of hydrogen-bond acceptors (Lipinski definition) is 5. The Morgan fingerprint density at radius 1 is 1.24 bits per heavy atom. The number of nitrogens with zero attached hydrogens (tertiary/aromatic N) is 1. The van der Waals surface area contributed by atoms with Crippen LogP contribution in [0.15, 0.2) is 0 Å². The third-order valence-corrected chi connectivity index (χ3v) is 5.95. The van der Waals surface area contributed by atoms with Crippen LogP contribution < -0.4 is 5.32 Å². The molecule has 0 saturated carbocycles. The van der Waals surface area contributed by atoms with E-state index in [2.05, 4.69) is 10.2 Å². The average Bonchev–Trinajstić information content (AvgIpc) is 2.27. The van der Waals surface area contributed by atoms with E-state index in [0.717, 1.165) is 32.5 Å². The number of sulfone groups is 1. The van der Waals surface area contributed by atoms with Crippen molar-refractivity contribution < 1.29 is 13.2 Å². The molecule has 98 valence electrons. The minimum absolute atomic E-state index is 0.140. The quantitative estimate of drug-likeness (QED) is 0.685. The fraction of sp³-hybridized carbons (Fsp3) is 1.00. The van der Waals surface area contributed by atoms with Gasteiger partial charge in [0.05, 0.1) is 11.5 Å². The molecule has 0 radical (unpaired) electrons. The summed E-state index contributed by atoms with van der Waals surface area (Å²) in [5.74, 6) is 0.580. The zero-order valence-electron chi connectivity index (χ0n) is 10.0. The molecule has 6 heteroatoms. The average molecular weight is 260 g/mol. The Bertz CT molecular complexity index is 378. The Labute approximate surface area is 102 Å². The topological polar surface area (TPSA) is 58.6 Å². The number of rotatable bonds is 1. The smallest absolute Gasteiger partial charge is 0.152 e. The predicted molar refractivity (Wildman–Crippen MR) is 64.5 cm³/mol. The fourth-order valence-corrected chi connectivity index (χ4v) is 4.22. The molecule has 3 heterocycles. The third-order valence-electron chi connectivity index (χ3n) is 4.34. The Morgan fingerprint density at radius 2 is 1.94 bits per heavy atom. The normalized spacial score (nSPS) is 36.6. The predicted octanol–water partition coefficient (Wildman–Crippen LogP) is -0.557. The van der Waals surface area contributed by atoms with Gasteiger partial charge in [-0.1, -0.05) is 0 Å². The summed E-state index contributed by atoms with van der Waals surface area (Å²) in [5.41, 5.74) is 0.430. The summed E-state index contributed by atoms with van der Waals surface area (Å²) >= 11 is 0. The molecule has 17 heavy (non-hydrogen) atoms. The first-order valence-electron chi connectivity index (χ1n) is 6.36. The fourth-order valence-electron chi connectivity index (χ4n) is 2.99. The Balaban J connectivity index is 1.61. The minimum Gasteiger partial charge on any atom is -0.363 e. The number of nitrogens with one attached hydrogen (secondary N) is 1. The van der Waals surface area contributed by atoms with Gasteiger partial charge in [0, 0.05) is 38.2 Å². The Morgan fingerprint density at radius 3 is 2.53 bits per heavy atom. The van der Waals surface area contributed by atoms with E-state index < -0.39 is 9.84 Å². The highest BCUT2D eigenvalue weighted by Crippen LogP contribution is 2.38. The van der Waals surface area contributed by atoms with E-state index in [4.69, 9.17) is 4.74 Å². The minimum atomic E-state index is -2.78. The van der Waals surface area contributed by atoms with E-state index in [-0.39, 0.29) is 17.7 Å². The summed E-state index contributed by atoms with van der Waals surface area (Å²) in [7, 11) is -2.78. The molecule has 1 atom stereocenters. The van der Waals surface area contributed by atoms with Crippen molar-refractivity contribution in [3.05, 3.63) is 0 Å². The van der Waals surface area contributed by atoms with Gasteiger partial charge in [-0.3, -0.25) is 4.90 Å². The van der Waals surface area contributed by atoms with Crippen molar-refractivity contribution in [2.45, 2.75) is 19.1 Å². The SMILES string of the molecule is O=S1(=O)CCN(C2CC3(CCO2)CNC3)CC1. The molecular weight excluding hydrogens is 240 g/mol. The van der Waals surface area contributed by atoms with E-state index in [0.29, 0.717) is 18.5 Å². The van der Waals surface area contributed by atoms with Crippen LogP contribution in [0.1, 0.15) is 12.8 Å². The van der Waals surface area contributed by atoms with Gasteiger partial charge in [0.2, 0.25) is 0 Å². The molecule has 1 spiro atoms. The molecule has 5 nitrogen and oxygen atoms in total. The van der Waals surface area contributed by atoms with Crippen molar-refractivity contribution in [2.75, 3.05) is 44.3 Å². The van der Waals surface area contributed by atoms with Crippen LogP contribution in [0.2, 0.25) is 0 Å². The summed E-state index contributed by atoms with van der Waals surface area (Å²) in [6, 6.07) is 0. The lowest BCUT2D eigenvalue weighted by Gasteiger charge is -2.50. The zero-order chi connectivity index (χ0) is 11.9. The highest BCUT2D eigenvalue weighted by atomic mass is 32.2. The maximum absolute atomic E-state index is 11.4. The second kappa shape index (κ2) is 4.19. The molecule has 3 aliphatic heterocycles. The second-order valence-corrected chi connectivity index (χ2v) is 7.87. The summed E-state index contributed by atoms with van der Waals surface area (Å²) in [5, 5.41) is 3.34. The van der Waals surface area contributed by atoms with Crippen LogP contribution in [-0.2, 0) is 14.6 Å². The molecular formula is C11H20N2O3S. The van der Waals surface area contributed by atoms with Crippen LogP contribution in [0.3, 0.4) is 0 Å². The molecule has 3 fully saturated rings. The van der Waals surface area contributed by atoms with Crippen LogP contribution in [0.5, 0.6) is 0 Å². The van der Waals surface area contributed by atoms with Crippen LogP contribution >= 0.6 is 0 Å². The molecule has 3 aliphatic rings. The summed E-state index contributed by atoms with van der Waals surface area (Å²) < 4.78 is 28.6. The van der Waals surface area contributed by atoms with E-state index >= 15 is 0 Å². The van der Waals surface area contributed by atoms with Gasteiger partial charge in [0.25, 0.3) is 0 Å². The third kappa shape index (κ3) is 2.36. The van der Waals surface area contributed by atoms with Gasteiger partial charge in [-0.25, -0.2) is 8.42 Å².